The summed E-state index contributed by atoms with van der Waals surface area (Å²) in [5.74, 6) is -2.36. The van der Waals surface area contributed by atoms with E-state index in [4.69, 9.17) is 16.6 Å². The summed E-state index contributed by atoms with van der Waals surface area (Å²) in [6, 6.07) is -0.943. The summed E-state index contributed by atoms with van der Waals surface area (Å²) < 4.78 is 0. The van der Waals surface area contributed by atoms with Crippen molar-refractivity contribution in [1.29, 1.82) is 0 Å². The van der Waals surface area contributed by atoms with Crippen molar-refractivity contribution in [2.45, 2.75) is 25.8 Å². The average molecular weight is 231 g/mol. The molecule has 6 N–H and O–H groups in total. The zero-order chi connectivity index (χ0) is 12.7. The zero-order valence-electron chi connectivity index (χ0n) is 9.10. The van der Waals surface area contributed by atoms with Crippen molar-refractivity contribution in [3.05, 3.63) is 0 Å². The average Bonchev–Trinajstić information content (AvgIpc) is 2.16. The molecule has 7 nitrogen and oxygen atoms in total. The fourth-order valence-electron chi connectivity index (χ4n) is 1.08. The third kappa shape index (κ3) is 5.30. The van der Waals surface area contributed by atoms with Crippen molar-refractivity contribution in [2.24, 2.45) is 17.4 Å². The summed E-state index contributed by atoms with van der Waals surface area (Å²) >= 11 is 0. The molecule has 0 heterocycles. The van der Waals surface area contributed by atoms with Gasteiger partial charge < -0.3 is 21.9 Å². The molecular weight excluding hydrogens is 214 g/mol. The highest BCUT2D eigenvalue weighted by molar-refractivity contribution is 5.87. The standard InChI is InChI=1S/C9H17N3O4/c1-5(8(10)15)4-6(9(11)16)12-7(14)2-3-13/h5-6,13H,2-4H2,1H3,(H2,10,15)(H2,11,16)(H,12,14). The summed E-state index contributed by atoms with van der Waals surface area (Å²) in [5.41, 5.74) is 10.1. The van der Waals surface area contributed by atoms with Crippen molar-refractivity contribution >= 4 is 17.7 Å². The van der Waals surface area contributed by atoms with Crippen molar-refractivity contribution in [3.8, 4) is 0 Å². The topological polar surface area (TPSA) is 136 Å². The number of carbonyl (C=O) groups excluding carboxylic acids is 3. The summed E-state index contributed by atoms with van der Waals surface area (Å²) in [4.78, 5) is 32.9. The van der Waals surface area contributed by atoms with Crippen LogP contribution in [0, 0.1) is 5.92 Å². The van der Waals surface area contributed by atoms with E-state index in [1.807, 2.05) is 0 Å². The van der Waals surface area contributed by atoms with Gasteiger partial charge in [-0.2, -0.15) is 0 Å². The second kappa shape index (κ2) is 6.78. The van der Waals surface area contributed by atoms with E-state index in [0.29, 0.717) is 0 Å². The van der Waals surface area contributed by atoms with Gasteiger partial charge in [-0.15, -0.1) is 0 Å². The summed E-state index contributed by atoms with van der Waals surface area (Å²) in [7, 11) is 0. The Kier molecular flexibility index (Phi) is 6.09. The molecule has 0 saturated carbocycles. The minimum atomic E-state index is -0.943. The Hall–Kier alpha value is -1.63. The Morgan fingerprint density at radius 3 is 2.19 bits per heavy atom. The van der Waals surface area contributed by atoms with Gasteiger partial charge in [0.25, 0.3) is 0 Å². The molecule has 2 unspecified atom stereocenters. The van der Waals surface area contributed by atoms with Crippen LogP contribution in [0.2, 0.25) is 0 Å². The molecule has 0 aliphatic rings. The zero-order valence-corrected chi connectivity index (χ0v) is 9.10. The quantitative estimate of drug-likeness (QED) is 0.397. The molecule has 0 aromatic carbocycles. The molecular formula is C9H17N3O4. The molecule has 0 aromatic rings. The fraction of sp³-hybridized carbons (Fsp3) is 0.667. The third-order valence-electron chi connectivity index (χ3n) is 2.09. The van der Waals surface area contributed by atoms with Crippen LogP contribution in [0.1, 0.15) is 19.8 Å². The molecule has 7 heteroatoms. The van der Waals surface area contributed by atoms with Gasteiger partial charge in [-0.3, -0.25) is 14.4 Å². The smallest absolute Gasteiger partial charge is 0.240 e. The maximum absolute atomic E-state index is 11.1. The molecule has 0 saturated heterocycles. The van der Waals surface area contributed by atoms with Gasteiger partial charge in [-0.1, -0.05) is 6.92 Å². The minimum absolute atomic E-state index is 0.0574. The maximum atomic E-state index is 11.1. The highest BCUT2D eigenvalue weighted by atomic mass is 16.3. The number of hydrogen-bond donors (Lipinski definition) is 4. The van der Waals surface area contributed by atoms with Crippen molar-refractivity contribution in [3.63, 3.8) is 0 Å². The summed E-state index contributed by atoms with van der Waals surface area (Å²) in [6.07, 6.45) is -0.0590. The fourth-order valence-corrected chi connectivity index (χ4v) is 1.08. The van der Waals surface area contributed by atoms with Crippen molar-refractivity contribution in [2.75, 3.05) is 6.61 Å². The number of primary amides is 2. The maximum Gasteiger partial charge on any atom is 0.240 e. The number of nitrogens with two attached hydrogens (primary N) is 2. The molecule has 0 radical (unpaired) electrons. The molecule has 0 spiro atoms. The molecule has 16 heavy (non-hydrogen) atoms. The van der Waals surface area contributed by atoms with Gasteiger partial charge >= 0.3 is 0 Å². The van der Waals surface area contributed by atoms with Crippen LogP contribution in [0.25, 0.3) is 0 Å². The largest absolute Gasteiger partial charge is 0.396 e. The van der Waals surface area contributed by atoms with Crippen LogP contribution >= 0.6 is 0 Å². The monoisotopic (exact) mass is 231 g/mol. The number of aliphatic hydroxyl groups excluding tert-OH is 1. The van der Waals surface area contributed by atoms with Crippen molar-refractivity contribution in [1.82, 2.24) is 5.32 Å². The molecule has 3 amide bonds. The highest BCUT2D eigenvalue weighted by Gasteiger charge is 2.22. The lowest BCUT2D eigenvalue weighted by Gasteiger charge is -2.17. The van der Waals surface area contributed by atoms with Gasteiger partial charge in [0.1, 0.15) is 6.04 Å². The molecule has 2 atom stereocenters. The predicted octanol–water partition coefficient (Wildman–Crippen LogP) is -2.15. The second-order valence-electron chi connectivity index (χ2n) is 3.54. The number of amides is 3. The van der Waals surface area contributed by atoms with Gasteiger partial charge in [-0.25, -0.2) is 0 Å². The van der Waals surface area contributed by atoms with Crippen LogP contribution < -0.4 is 16.8 Å². The lowest BCUT2D eigenvalue weighted by Crippen LogP contribution is -2.46. The second-order valence-corrected chi connectivity index (χ2v) is 3.54. The van der Waals surface area contributed by atoms with Gasteiger partial charge in [-0.05, 0) is 6.42 Å². The van der Waals surface area contributed by atoms with Crippen molar-refractivity contribution < 1.29 is 19.5 Å². The SMILES string of the molecule is CC(CC(NC(=O)CCO)C(N)=O)C(N)=O. The van der Waals surface area contributed by atoms with E-state index in [-0.39, 0.29) is 19.4 Å². The van der Waals surface area contributed by atoms with Crippen LogP contribution in [0.4, 0.5) is 0 Å². The van der Waals surface area contributed by atoms with Crippen LogP contribution in [-0.2, 0) is 14.4 Å². The molecule has 92 valence electrons. The van der Waals surface area contributed by atoms with Crippen LogP contribution in [0.5, 0.6) is 0 Å². The Morgan fingerprint density at radius 2 is 1.81 bits per heavy atom. The van der Waals surface area contributed by atoms with E-state index >= 15 is 0 Å². The summed E-state index contributed by atoms with van der Waals surface area (Å²) in [6.45, 7) is 1.22. The Morgan fingerprint density at radius 1 is 1.25 bits per heavy atom. The van der Waals surface area contributed by atoms with E-state index in [2.05, 4.69) is 5.32 Å². The van der Waals surface area contributed by atoms with Gasteiger partial charge in [0, 0.05) is 12.3 Å². The molecule has 0 aliphatic carbocycles. The van der Waals surface area contributed by atoms with E-state index in [0.717, 1.165) is 0 Å². The van der Waals surface area contributed by atoms with Gasteiger partial charge in [0.2, 0.25) is 17.7 Å². The Balaban J connectivity index is 4.34. The summed E-state index contributed by atoms with van der Waals surface area (Å²) in [5, 5.41) is 10.8. The molecule has 0 aromatic heterocycles. The number of nitrogens with one attached hydrogen (secondary N) is 1. The molecule has 0 aliphatic heterocycles. The number of carbonyl (C=O) groups is 3. The van der Waals surface area contributed by atoms with E-state index in [1.165, 1.54) is 6.92 Å². The van der Waals surface area contributed by atoms with E-state index in [9.17, 15) is 14.4 Å². The normalized spacial score (nSPS) is 13.9. The Bertz CT molecular complexity index is 280. The number of aliphatic hydroxyl groups is 1. The first-order chi connectivity index (χ1) is 7.38. The predicted molar refractivity (Wildman–Crippen MR) is 55.8 cm³/mol. The van der Waals surface area contributed by atoms with Gasteiger partial charge in [0.15, 0.2) is 0 Å². The minimum Gasteiger partial charge on any atom is -0.396 e. The first-order valence-corrected chi connectivity index (χ1v) is 4.87. The first-order valence-electron chi connectivity index (χ1n) is 4.87. The number of hydrogen-bond acceptors (Lipinski definition) is 4. The molecule has 0 rings (SSSR count). The van der Waals surface area contributed by atoms with Gasteiger partial charge in [0.05, 0.1) is 6.61 Å². The molecule has 0 fully saturated rings. The first kappa shape index (κ1) is 14.4. The number of rotatable bonds is 7. The van der Waals surface area contributed by atoms with Crippen LogP contribution in [-0.4, -0.2) is 35.5 Å². The Labute approximate surface area is 93.2 Å². The van der Waals surface area contributed by atoms with E-state index < -0.39 is 29.7 Å². The lowest BCUT2D eigenvalue weighted by molar-refractivity contribution is -0.129. The van der Waals surface area contributed by atoms with Crippen LogP contribution in [0.15, 0.2) is 0 Å². The third-order valence-corrected chi connectivity index (χ3v) is 2.09. The lowest BCUT2D eigenvalue weighted by atomic mass is 10.0. The van der Waals surface area contributed by atoms with E-state index in [1.54, 1.807) is 0 Å². The molecule has 0 bridgehead atoms. The van der Waals surface area contributed by atoms with Crippen LogP contribution in [0.3, 0.4) is 0 Å². The highest BCUT2D eigenvalue weighted by Crippen LogP contribution is 2.05.